The third-order valence-corrected chi connectivity index (χ3v) is 4.30. The van der Waals surface area contributed by atoms with Crippen molar-refractivity contribution in [3.63, 3.8) is 0 Å². The first-order valence-electron chi connectivity index (χ1n) is 7.93. The highest BCUT2D eigenvalue weighted by Crippen LogP contribution is 2.22. The Morgan fingerprint density at radius 3 is 2.58 bits per heavy atom. The van der Waals surface area contributed by atoms with Gasteiger partial charge in [-0.25, -0.2) is 13.8 Å². The smallest absolute Gasteiger partial charge is 0.280 e. The van der Waals surface area contributed by atoms with E-state index in [0.717, 1.165) is 43.5 Å². The number of aromatic nitrogens is 4. The lowest BCUT2D eigenvalue weighted by atomic mass is 9.96. The van der Waals surface area contributed by atoms with Gasteiger partial charge in [-0.2, -0.15) is 5.10 Å². The minimum atomic E-state index is -2.72. The predicted octanol–water partition coefficient (Wildman–Crippen LogP) is 2.20. The van der Waals surface area contributed by atoms with Gasteiger partial charge < -0.3 is 4.90 Å². The molecule has 0 N–H and O–H groups in total. The number of nitrogens with zero attached hydrogens (tertiary/aromatic N) is 5. The van der Waals surface area contributed by atoms with Crippen LogP contribution in [-0.4, -0.2) is 32.8 Å². The quantitative estimate of drug-likeness (QED) is 0.857. The summed E-state index contributed by atoms with van der Waals surface area (Å²) in [5, 5.41) is 8.26. The van der Waals surface area contributed by atoms with Crippen LogP contribution in [0.15, 0.2) is 29.3 Å². The van der Waals surface area contributed by atoms with Crippen LogP contribution in [0.4, 0.5) is 14.6 Å². The average Bonchev–Trinajstić information content (AvgIpc) is 2.58. The second kappa shape index (κ2) is 7.02. The third-order valence-electron chi connectivity index (χ3n) is 4.30. The summed E-state index contributed by atoms with van der Waals surface area (Å²) in [4.78, 5) is 17.7. The zero-order chi connectivity index (χ0) is 17.1. The molecule has 6 nitrogen and oxygen atoms in total. The highest BCUT2D eigenvalue weighted by Gasteiger charge is 2.21. The largest absolute Gasteiger partial charge is 0.355 e. The maximum Gasteiger partial charge on any atom is 0.280 e. The van der Waals surface area contributed by atoms with Crippen molar-refractivity contribution in [3.05, 3.63) is 46.3 Å². The Balaban J connectivity index is 1.59. The molecule has 128 valence electrons. The monoisotopic (exact) mass is 335 g/mol. The fraction of sp³-hybridized carbons (Fsp3) is 0.500. The average molecular weight is 335 g/mol. The summed E-state index contributed by atoms with van der Waals surface area (Å²) in [6.45, 7) is 4.07. The van der Waals surface area contributed by atoms with Gasteiger partial charge >= 0.3 is 0 Å². The summed E-state index contributed by atoms with van der Waals surface area (Å²) >= 11 is 0. The SMILES string of the molecule is Cc1ccc(N2CCC(Cn3cnc(C(F)F)cc3=O)CC2)nn1. The van der Waals surface area contributed by atoms with Crippen molar-refractivity contribution in [2.75, 3.05) is 18.0 Å². The van der Waals surface area contributed by atoms with Crippen LogP contribution >= 0.6 is 0 Å². The predicted molar refractivity (Wildman–Crippen MR) is 85.2 cm³/mol. The van der Waals surface area contributed by atoms with Crippen molar-refractivity contribution in [2.24, 2.45) is 5.92 Å². The molecule has 0 amide bonds. The first kappa shape index (κ1) is 16.5. The fourth-order valence-corrected chi connectivity index (χ4v) is 2.88. The minimum absolute atomic E-state index is 0.316. The molecule has 0 bridgehead atoms. The van der Waals surface area contributed by atoms with Crippen molar-refractivity contribution in [2.45, 2.75) is 32.7 Å². The van der Waals surface area contributed by atoms with Crippen LogP contribution < -0.4 is 10.5 Å². The molecule has 1 saturated heterocycles. The molecule has 0 unspecified atom stereocenters. The van der Waals surface area contributed by atoms with E-state index < -0.39 is 17.7 Å². The van der Waals surface area contributed by atoms with E-state index in [2.05, 4.69) is 20.1 Å². The second-order valence-corrected chi connectivity index (χ2v) is 6.07. The highest BCUT2D eigenvalue weighted by atomic mass is 19.3. The van der Waals surface area contributed by atoms with Crippen LogP contribution in [0.25, 0.3) is 0 Å². The van der Waals surface area contributed by atoms with Gasteiger partial charge in [0.25, 0.3) is 12.0 Å². The molecule has 0 atom stereocenters. The van der Waals surface area contributed by atoms with E-state index in [0.29, 0.717) is 12.5 Å². The summed E-state index contributed by atoms with van der Waals surface area (Å²) in [6.07, 6.45) is 0.310. The van der Waals surface area contributed by atoms with Gasteiger partial charge in [-0.15, -0.1) is 5.10 Å². The number of piperidine rings is 1. The van der Waals surface area contributed by atoms with E-state index in [4.69, 9.17) is 0 Å². The number of aryl methyl sites for hydroxylation is 1. The summed E-state index contributed by atoms with van der Waals surface area (Å²) < 4.78 is 26.5. The van der Waals surface area contributed by atoms with Gasteiger partial charge in [0.15, 0.2) is 5.82 Å². The van der Waals surface area contributed by atoms with Gasteiger partial charge in [-0.05, 0) is 37.8 Å². The van der Waals surface area contributed by atoms with Crippen molar-refractivity contribution in [1.82, 2.24) is 19.7 Å². The zero-order valence-electron chi connectivity index (χ0n) is 13.4. The molecule has 3 rings (SSSR count). The molecule has 0 aromatic carbocycles. The molecular formula is C16H19F2N5O. The van der Waals surface area contributed by atoms with Crippen LogP contribution in [0.5, 0.6) is 0 Å². The number of hydrogen-bond acceptors (Lipinski definition) is 5. The zero-order valence-corrected chi connectivity index (χ0v) is 13.4. The van der Waals surface area contributed by atoms with Crippen molar-refractivity contribution >= 4 is 5.82 Å². The molecule has 2 aromatic heterocycles. The van der Waals surface area contributed by atoms with Crippen molar-refractivity contribution in [1.29, 1.82) is 0 Å². The van der Waals surface area contributed by atoms with E-state index in [1.807, 2.05) is 19.1 Å². The van der Waals surface area contributed by atoms with Crippen LogP contribution in [0.1, 0.15) is 30.7 Å². The van der Waals surface area contributed by atoms with Gasteiger partial charge in [-0.3, -0.25) is 9.36 Å². The Kier molecular flexibility index (Phi) is 4.82. The Hall–Kier alpha value is -2.38. The van der Waals surface area contributed by atoms with E-state index in [1.165, 1.54) is 10.9 Å². The van der Waals surface area contributed by atoms with Crippen molar-refractivity contribution < 1.29 is 8.78 Å². The van der Waals surface area contributed by atoms with Crippen molar-refractivity contribution in [3.8, 4) is 0 Å². The second-order valence-electron chi connectivity index (χ2n) is 6.07. The van der Waals surface area contributed by atoms with Gasteiger partial charge in [-0.1, -0.05) is 0 Å². The van der Waals surface area contributed by atoms with Gasteiger partial charge in [0, 0.05) is 25.7 Å². The maximum atomic E-state index is 12.5. The standard InChI is InChI=1S/C16H19F2N5O/c1-11-2-3-14(21-20-11)22-6-4-12(5-7-22)9-23-10-19-13(16(17)18)8-15(23)24/h2-3,8,10,12,16H,4-7,9H2,1H3. The molecule has 24 heavy (non-hydrogen) atoms. The Bertz CT molecular complexity index is 739. The van der Waals surface area contributed by atoms with Crippen LogP contribution in [0.2, 0.25) is 0 Å². The van der Waals surface area contributed by atoms with E-state index in [-0.39, 0.29) is 0 Å². The number of alkyl halides is 2. The maximum absolute atomic E-state index is 12.5. The molecule has 1 aliphatic rings. The normalized spacial score (nSPS) is 15.9. The molecule has 0 radical (unpaired) electrons. The number of anilines is 1. The van der Waals surface area contributed by atoms with Crippen LogP contribution in [0.3, 0.4) is 0 Å². The summed E-state index contributed by atoms with van der Waals surface area (Å²) in [5.41, 5.74) is -0.0103. The molecule has 8 heteroatoms. The van der Waals surface area contributed by atoms with E-state index in [1.54, 1.807) is 0 Å². The Morgan fingerprint density at radius 2 is 2.00 bits per heavy atom. The first-order chi connectivity index (χ1) is 11.5. The summed E-state index contributed by atoms with van der Waals surface area (Å²) in [7, 11) is 0. The molecule has 0 spiro atoms. The number of halogens is 2. The Morgan fingerprint density at radius 1 is 1.25 bits per heavy atom. The van der Waals surface area contributed by atoms with Crippen LogP contribution in [-0.2, 0) is 6.54 Å². The molecule has 1 aliphatic heterocycles. The lowest BCUT2D eigenvalue weighted by Gasteiger charge is -2.32. The minimum Gasteiger partial charge on any atom is -0.355 e. The van der Waals surface area contributed by atoms with Gasteiger partial charge in [0.05, 0.1) is 12.0 Å². The Labute approximate surface area is 138 Å². The lowest BCUT2D eigenvalue weighted by molar-refractivity contribution is 0.145. The highest BCUT2D eigenvalue weighted by molar-refractivity contribution is 5.37. The third kappa shape index (κ3) is 3.74. The molecule has 0 saturated carbocycles. The number of hydrogen-bond donors (Lipinski definition) is 0. The lowest BCUT2D eigenvalue weighted by Crippen LogP contribution is -2.37. The molecule has 3 heterocycles. The summed E-state index contributed by atoms with van der Waals surface area (Å²) in [6, 6.07) is 4.81. The molecular weight excluding hydrogens is 316 g/mol. The van der Waals surface area contributed by atoms with Gasteiger partial charge in [0.1, 0.15) is 5.69 Å². The topological polar surface area (TPSA) is 63.9 Å². The fourth-order valence-electron chi connectivity index (χ4n) is 2.88. The molecule has 2 aromatic rings. The molecule has 0 aliphatic carbocycles. The molecule has 1 fully saturated rings. The summed E-state index contributed by atoms with van der Waals surface area (Å²) in [5.74, 6) is 1.18. The van der Waals surface area contributed by atoms with Crippen LogP contribution in [0, 0.1) is 12.8 Å². The number of rotatable bonds is 4. The van der Waals surface area contributed by atoms with Gasteiger partial charge in [0.2, 0.25) is 0 Å². The van der Waals surface area contributed by atoms with E-state index in [9.17, 15) is 13.6 Å². The first-order valence-corrected chi connectivity index (χ1v) is 7.93. The van der Waals surface area contributed by atoms with E-state index >= 15 is 0 Å².